The highest BCUT2D eigenvalue weighted by Gasteiger charge is 2.29. The number of hydrogen-bond donors (Lipinski definition) is 1. The molecule has 6 nitrogen and oxygen atoms in total. The van der Waals surface area contributed by atoms with Crippen molar-refractivity contribution in [1.82, 2.24) is 15.1 Å². The molecule has 0 aromatic heterocycles. The minimum Gasteiger partial charge on any atom is -0.497 e. The standard InChI is InChI=1S/C19H29N3O3/c1-19(2,3)18(24)22-11-9-21(10-12-22)14-17(23)20-13-15-5-7-16(25-4)8-6-15/h5-8H,9-14H2,1-4H3,(H,20,23). The molecule has 2 rings (SSSR count). The molecule has 0 saturated carbocycles. The van der Waals surface area contributed by atoms with E-state index < -0.39 is 0 Å². The molecule has 1 fully saturated rings. The molecule has 1 aliphatic rings. The Labute approximate surface area is 150 Å². The van der Waals surface area contributed by atoms with Crippen molar-refractivity contribution in [1.29, 1.82) is 0 Å². The summed E-state index contributed by atoms with van der Waals surface area (Å²) in [6.45, 7) is 9.52. The summed E-state index contributed by atoms with van der Waals surface area (Å²) in [5.74, 6) is 0.986. The second-order valence-electron chi connectivity index (χ2n) is 7.44. The fraction of sp³-hybridized carbons (Fsp3) is 0.579. The van der Waals surface area contributed by atoms with Crippen molar-refractivity contribution in [2.75, 3.05) is 39.8 Å². The van der Waals surface area contributed by atoms with E-state index in [2.05, 4.69) is 10.2 Å². The summed E-state index contributed by atoms with van der Waals surface area (Å²) in [5.41, 5.74) is 0.688. The van der Waals surface area contributed by atoms with Crippen LogP contribution in [-0.2, 0) is 16.1 Å². The van der Waals surface area contributed by atoms with Gasteiger partial charge in [-0.1, -0.05) is 32.9 Å². The van der Waals surface area contributed by atoms with Gasteiger partial charge in [-0.05, 0) is 17.7 Å². The van der Waals surface area contributed by atoms with Gasteiger partial charge in [0.2, 0.25) is 11.8 Å². The Hall–Kier alpha value is -2.08. The third-order valence-electron chi connectivity index (χ3n) is 4.32. The van der Waals surface area contributed by atoms with Crippen molar-refractivity contribution >= 4 is 11.8 Å². The zero-order chi connectivity index (χ0) is 18.4. The van der Waals surface area contributed by atoms with Crippen molar-refractivity contribution in [2.45, 2.75) is 27.3 Å². The van der Waals surface area contributed by atoms with Crippen molar-refractivity contribution in [3.05, 3.63) is 29.8 Å². The number of carbonyl (C=O) groups is 2. The van der Waals surface area contributed by atoms with Crippen molar-refractivity contribution in [3.8, 4) is 5.75 Å². The Kier molecular flexibility index (Phi) is 6.42. The first kappa shape index (κ1) is 19.2. The van der Waals surface area contributed by atoms with Gasteiger partial charge in [0.1, 0.15) is 5.75 Å². The fourth-order valence-corrected chi connectivity index (χ4v) is 2.79. The second kappa shape index (κ2) is 8.34. The van der Waals surface area contributed by atoms with Gasteiger partial charge in [-0.25, -0.2) is 0 Å². The molecule has 0 atom stereocenters. The molecule has 0 spiro atoms. The summed E-state index contributed by atoms with van der Waals surface area (Å²) in [7, 11) is 1.63. The third-order valence-corrected chi connectivity index (χ3v) is 4.32. The SMILES string of the molecule is COc1ccc(CNC(=O)CN2CCN(C(=O)C(C)(C)C)CC2)cc1. The molecule has 0 radical (unpaired) electrons. The molecule has 6 heteroatoms. The molecule has 1 N–H and O–H groups in total. The van der Waals surface area contributed by atoms with E-state index in [0.717, 1.165) is 24.4 Å². The summed E-state index contributed by atoms with van der Waals surface area (Å²) in [4.78, 5) is 28.4. The number of nitrogens with one attached hydrogen (secondary N) is 1. The summed E-state index contributed by atoms with van der Waals surface area (Å²) in [5, 5.41) is 2.94. The molecule has 1 aromatic rings. The van der Waals surface area contributed by atoms with E-state index in [-0.39, 0.29) is 17.2 Å². The van der Waals surface area contributed by atoms with Gasteiger partial charge in [-0.2, -0.15) is 0 Å². The Morgan fingerprint density at radius 3 is 2.20 bits per heavy atom. The lowest BCUT2D eigenvalue weighted by Gasteiger charge is -2.37. The Bertz CT molecular complexity index is 585. The van der Waals surface area contributed by atoms with E-state index in [9.17, 15) is 9.59 Å². The number of amides is 2. The first-order chi connectivity index (χ1) is 11.8. The molecule has 1 aliphatic heterocycles. The van der Waals surface area contributed by atoms with Crippen molar-refractivity contribution in [2.24, 2.45) is 5.41 Å². The van der Waals surface area contributed by atoms with Crippen LogP contribution in [0.25, 0.3) is 0 Å². The maximum Gasteiger partial charge on any atom is 0.234 e. The molecule has 1 heterocycles. The Morgan fingerprint density at radius 1 is 1.08 bits per heavy atom. The number of methoxy groups -OCH3 is 1. The zero-order valence-corrected chi connectivity index (χ0v) is 15.7. The van der Waals surface area contributed by atoms with Gasteiger partial charge in [-0.15, -0.1) is 0 Å². The summed E-state index contributed by atoms with van der Waals surface area (Å²) in [6, 6.07) is 7.64. The molecular weight excluding hydrogens is 318 g/mol. The molecule has 25 heavy (non-hydrogen) atoms. The maximum absolute atomic E-state index is 12.3. The second-order valence-corrected chi connectivity index (χ2v) is 7.44. The largest absolute Gasteiger partial charge is 0.497 e. The minimum absolute atomic E-state index is 0.00594. The number of rotatable bonds is 5. The maximum atomic E-state index is 12.3. The van der Waals surface area contributed by atoms with Gasteiger partial charge in [-0.3, -0.25) is 14.5 Å². The van der Waals surface area contributed by atoms with Crippen LogP contribution in [0.5, 0.6) is 5.75 Å². The fourth-order valence-electron chi connectivity index (χ4n) is 2.79. The number of carbonyl (C=O) groups excluding carboxylic acids is 2. The quantitative estimate of drug-likeness (QED) is 0.877. The van der Waals surface area contributed by atoms with Crippen LogP contribution in [0.4, 0.5) is 0 Å². The third kappa shape index (κ3) is 5.74. The van der Waals surface area contributed by atoms with Crippen LogP contribution >= 0.6 is 0 Å². The highest BCUT2D eigenvalue weighted by molar-refractivity contribution is 5.81. The predicted molar refractivity (Wildman–Crippen MR) is 97.3 cm³/mol. The van der Waals surface area contributed by atoms with Gasteiger partial charge < -0.3 is 15.0 Å². The number of benzene rings is 1. The van der Waals surface area contributed by atoms with Gasteiger partial charge >= 0.3 is 0 Å². The van der Waals surface area contributed by atoms with Crippen LogP contribution in [0, 0.1) is 5.41 Å². The number of ether oxygens (including phenoxy) is 1. The molecular formula is C19H29N3O3. The van der Waals surface area contributed by atoms with Gasteiger partial charge in [0.15, 0.2) is 0 Å². The monoisotopic (exact) mass is 347 g/mol. The van der Waals surface area contributed by atoms with Crippen LogP contribution < -0.4 is 10.1 Å². The average molecular weight is 347 g/mol. The van der Waals surface area contributed by atoms with E-state index in [1.165, 1.54) is 0 Å². The van der Waals surface area contributed by atoms with Crippen LogP contribution in [0.3, 0.4) is 0 Å². The smallest absolute Gasteiger partial charge is 0.234 e. The molecule has 138 valence electrons. The minimum atomic E-state index is -0.349. The first-order valence-corrected chi connectivity index (χ1v) is 8.71. The average Bonchev–Trinajstić information content (AvgIpc) is 2.59. The van der Waals surface area contributed by atoms with E-state index in [1.807, 2.05) is 49.9 Å². The summed E-state index contributed by atoms with van der Waals surface area (Å²) in [6.07, 6.45) is 0. The predicted octanol–water partition coefficient (Wildman–Crippen LogP) is 1.50. The lowest BCUT2D eigenvalue weighted by Crippen LogP contribution is -2.53. The highest BCUT2D eigenvalue weighted by atomic mass is 16.5. The molecule has 2 amide bonds. The van der Waals surface area contributed by atoms with Crippen LogP contribution in [-0.4, -0.2) is 61.4 Å². The molecule has 0 bridgehead atoms. The van der Waals surface area contributed by atoms with E-state index in [4.69, 9.17) is 4.74 Å². The van der Waals surface area contributed by atoms with Crippen LogP contribution in [0.15, 0.2) is 24.3 Å². The van der Waals surface area contributed by atoms with Gasteiger partial charge in [0, 0.05) is 38.1 Å². The number of nitrogens with zero attached hydrogens (tertiary/aromatic N) is 2. The molecule has 1 saturated heterocycles. The van der Waals surface area contributed by atoms with E-state index in [1.54, 1.807) is 7.11 Å². The van der Waals surface area contributed by atoms with E-state index >= 15 is 0 Å². The van der Waals surface area contributed by atoms with E-state index in [0.29, 0.717) is 26.2 Å². The Morgan fingerprint density at radius 2 is 1.68 bits per heavy atom. The van der Waals surface area contributed by atoms with Crippen LogP contribution in [0.2, 0.25) is 0 Å². The lowest BCUT2D eigenvalue weighted by atomic mass is 9.94. The lowest BCUT2D eigenvalue weighted by molar-refractivity contribution is -0.141. The number of piperazine rings is 1. The highest BCUT2D eigenvalue weighted by Crippen LogP contribution is 2.18. The summed E-state index contributed by atoms with van der Waals surface area (Å²) < 4.78 is 5.12. The first-order valence-electron chi connectivity index (χ1n) is 8.71. The number of hydrogen-bond acceptors (Lipinski definition) is 4. The molecule has 0 aliphatic carbocycles. The van der Waals surface area contributed by atoms with Crippen LogP contribution in [0.1, 0.15) is 26.3 Å². The molecule has 0 unspecified atom stereocenters. The topological polar surface area (TPSA) is 61.9 Å². The van der Waals surface area contributed by atoms with Gasteiger partial charge in [0.25, 0.3) is 0 Å². The summed E-state index contributed by atoms with van der Waals surface area (Å²) >= 11 is 0. The van der Waals surface area contributed by atoms with Crippen molar-refractivity contribution in [3.63, 3.8) is 0 Å². The zero-order valence-electron chi connectivity index (χ0n) is 15.7. The normalized spacial score (nSPS) is 15.8. The van der Waals surface area contributed by atoms with Gasteiger partial charge in [0.05, 0.1) is 13.7 Å². The molecule has 1 aromatic carbocycles. The van der Waals surface area contributed by atoms with Crippen molar-refractivity contribution < 1.29 is 14.3 Å². The Balaban J connectivity index is 1.72.